The molecule has 2 rings (SSSR count). The van der Waals surface area contributed by atoms with E-state index >= 15 is 0 Å². The maximum Gasteiger partial charge on any atom is 0.319 e. The van der Waals surface area contributed by atoms with Crippen molar-refractivity contribution in [2.75, 3.05) is 13.2 Å². The van der Waals surface area contributed by atoms with Crippen LogP contribution >= 0.6 is 12.2 Å². The van der Waals surface area contributed by atoms with Gasteiger partial charge in [-0.2, -0.15) is 0 Å². The molecule has 0 aliphatic carbocycles. The Labute approximate surface area is 125 Å². The molecule has 4 N–H and O–H groups in total. The van der Waals surface area contributed by atoms with Crippen LogP contribution in [0.25, 0.3) is 0 Å². The second-order valence-corrected chi connectivity index (χ2v) is 5.04. The van der Waals surface area contributed by atoms with E-state index in [-0.39, 0.29) is 42.4 Å². The zero-order chi connectivity index (χ0) is 15.4. The molecule has 1 fully saturated rings. The quantitative estimate of drug-likeness (QED) is 0.498. The molecule has 1 aromatic heterocycles. The lowest BCUT2D eigenvalue weighted by atomic mass is 10.2. The third-order valence-corrected chi connectivity index (χ3v) is 3.52. The number of aliphatic hydroxyl groups excluding tert-OH is 1. The number of aromatic amines is 1. The van der Waals surface area contributed by atoms with Crippen molar-refractivity contribution in [3.05, 3.63) is 26.9 Å². The van der Waals surface area contributed by atoms with E-state index in [0.29, 0.717) is 12.8 Å². The molecule has 0 saturated carbocycles. The Morgan fingerprint density at radius 3 is 3.05 bits per heavy atom. The summed E-state index contributed by atoms with van der Waals surface area (Å²) in [5.41, 5.74) is 4.95. The number of rotatable bonds is 5. The predicted molar refractivity (Wildman–Crippen MR) is 75.0 cm³/mol. The van der Waals surface area contributed by atoms with E-state index in [1.807, 2.05) is 0 Å². The molecule has 2 unspecified atom stereocenters. The van der Waals surface area contributed by atoms with E-state index in [1.165, 1.54) is 6.20 Å². The van der Waals surface area contributed by atoms with Gasteiger partial charge in [0.1, 0.15) is 12.8 Å². The Morgan fingerprint density at radius 2 is 2.38 bits per heavy atom. The maximum atomic E-state index is 11.5. The van der Waals surface area contributed by atoms with Gasteiger partial charge in [-0.15, -0.1) is 0 Å². The van der Waals surface area contributed by atoms with Crippen LogP contribution in [-0.4, -0.2) is 39.9 Å². The Balaban J connectivity index is 2.06. The minimum Gasteiger partial charge on any atom is -0.462 e. The van der Waals surface area contributed by atoms with Gasteiger partial charge in [0.15, 0.2) is 4.77 Å². The van der Waals surface area contributed by atoms with Crippen LogP contribution < -0.4 is 11.3 Å². The van der Waals surface area contributed by atoms with Crippen LogP contribution in [0.4, 0.5) is 0 Å². The van der Waals surface area contributed by atoms with Gasteiger partial charge in [0.2, 0.25) is 0 Å². The van der Waals surface area contributed by atoms with Gasteiger partial charge in [-0.1, -0.05) is 0 Å². The van der Waals surface area contributed by atoms with Crippen LogP contribution in [0.1, 0.15) is 24.6 Å². The van der Waals surface area contributed by atoms with Crippen LogP contribution in [0.3, 0.4) is 0 Å². The number of hydrogen-bond acceptors (Lipinski definition) is 7. The van der Waals surface area contributed by atoms with E-state index in [2.05, 4.69) is 4.98 Å². The number of nitrogens with two attached hydrogens (primary N) is 1. The van der Waals surface area contributed by atoms with Crippen molar-refractivity contribution in [3.8, 4) is 0 Å². The smallest absolute Gasteiger partial charge is 0.319 e. The number of esters is 1. The summed E-state index contributed by atoms with van der Waals surface area (Å²) in [6.07, 6.45) is 2.24. The molecule has 0 bridgehead atoms. The summed E-state index contributed by atoms with van der Waals surface area (Å²) in [7, 11) is 0. The molecule has 0 amide bonds. The highest BCUT2D eigenvalue weighted by molar-refractivity contribution is 7.71. The fourth-order valence-electron chi connectivity index (χ4n) is 2.11. The number of ether oxygens (including phenoxy) is 2. The minimum atomic E-state index is -0.481. The molecule has 8 nitrogen and oxygen atoms in total. The molecule has 0 radical (unpaired) electrons. The number of nitrogens with zero attached hydrogens (tertiary/aromatic N) is 1. The number of H-pyrrole nitrogens is 1. The summed E-state index contributed by atoms with van der Waals surface area (Å²) < 4.78 is 12.5. The highest BCUT2D eigenvalue weighted by atomic mass is 32.1. The van der Waals surface area contributed by atoms with E-state index in [1.54, 1.807) is 4.57 Å². The van der Waals surface area contributed by atoms with E-state index in [4.69, 9.17) is 32.5 Å². The van der Waals surface area contributed by atoms with Crippen LogP contribution in [0.15, 0.2) is 11.0 Å². The summed E-state index contributed by atoms with van der Waals surface area (Å²) in [5, 5.41) is 9.12. The summed E-state index contributed by atoms with van der Waals surface area (Å²) in [6.45, 7) is -0.410. The highest BCUT2D eigenvalue weighted by Crippen LogP contribution is 2.28. The fraction of sp³-hybridized carbons (Fsp3) is 0.583. The fourth-order valence-corrected chi connectivity index (χ4v) is 2.38. The van der Waals surface area contributed by atoms with E-state index in [0.717, 1.165) is 0 Å². The number of aromatic nitrogens is 2. The average molecular weight is 315 g/mol. The zero-order valence-corrected chi connectivity index (χ0v) is 12.1. The summed E-state index contributed by atoms with van der Waals surface area (Å²) in [6, 6.07) is 0. The van der Waals surface area contributed by atoms with Crippen LogP contribution in [0.2, 0.25) is 0 Å². The molecule has 116 valence electrons. The molecule has 0 aromatic carbocycles. The summed E-state index contributed by atoms with van der Waals surface area (Å²) in [5.74, 6) is -0.481. The largest absolute Gasteiger partial charge is 0.462 e. The van der Waals surface area contributed by atoms with Gasteiger partial charge in [-0.05, 0) is 25.1 Å². The molecule has 1 aliphatic heterocycles. The van der Waals surface area contributed by atoms with Gasteiger partial charge in [-0.3, -0.25) is 19.1 Å². The highest BCUT2D eigenvalue weighted by Gasteiger charge is 2.28. The van der Waals surface area contributed by atoms with Gasteiger partial charge >= 0.3 is 5.97 Å². The molecule has 1 aromatic rings. The van der Waals surface area contributed by atoms with Gasteiger partial charge in [0, 0.05) is 6.20 Å². The maximum absolute atomic E-state index is 11.5. The normalized spacial score (nSPS) is 21.4. The van der Waals surface area contributed by atoms with Crippen molar-refractivity contribution in [1.82, 2.24) is 9.55 Å². The molecular weight excluding hydrogens is 298 g/mol. The first kappa shape index (κ1) is 15.8. The Kier molecular flexibility index (Phi) is 5.23. The lowest BCUT2D eigenvalue weighted by molar-refractivity contribution is -0.146. The lowest BCUT2D eigenvalue weighted by Crippen LogP contribution is -2.24. The molecule has 9 heteroatoms. The predicted octanol–water partition coefficient (Wildman–Crippen LogP) is -0.422. The van der Waals surface area contributed by atoms with Crippen molar-refractivity contribution >= 4 is 18.2 Å². The number of hydrogen-bond donors (Lipinski definition) is 3. The molecule has 0 spiro atoms. The first-order valence-electron chi connectivity index (χ1n) is 6.51. The minimum absolute atomic E-state index is 0.135. The van der Waals surface area contributed by atoms with Crippen molar-refractivity contribution in [2.45, 2.75) is 31.8 Å². The van der Waals surface area contributed by atoms with Crippen LogP contribution in [0, 0.1) is 4.77 Å². The summed E-state index contributed by atoms with van der Waals surface area (Å²) >= 11 is 5.09. The standard InChI is InChI=1S/C12H17N3O5S/c13-3-10(17)19-6-8-1-2-9(20-8)15-4-7(5-16)11(18)14-12(15)21/h4,8-9,16H,1-3,5-6,13H2,(H,14,18,21). The van der Waals surface area contributed by atoms with Crippen molar-refractivity contribution < 1.29 is 19.4 Å². The molecule has 2 atom stereocenters. The van der Waals surface area contributed by atoms with Crippen LogP contribution in [0.5, 0.6) is 0 Å². The van der Waals surface area contributed by atoms with Gasteiger partial charge in [0.05, 0.1) is 24.8 Å². The van der Waals surface area contributed by atoms with Gasteiger partial charge in [0.25, 0.3) is 5.56 Å². The second kappa shape index (κ2) is 6.94. The number of carbonyl (C=O) groups excluding carboxylic acids is 1. The van der Waals surface area contributed by atoms with Crippen molar-refractivity contribution in [2.24, 2.45) is 5.73 Å². The van der Waals surface area contributed by atoms with Gasteiger partial charge < -0.3 is 20.3 Å². The molecule has 21 heavy (non-hydrogen) atoms. The molecule has 1 saturated heterocycles. The zero-order valence-electron chi connectivity index (χ0n) is 11.3. The number of nitrogens with one attached hydrogen (secondary N) is 1. The van der Waals surface area contributed by atoms with Crippen molar-refractivity contribution in [3.63, 3.8) is 0 Å². The first-order chi connectivity index (χ1) is 10.0. The van der Waals surface area contributed by atoms with Crippen molar-refractivity contribution in [1.29, 1.82) is 0 Å². The summed E-state index contributed by atoms with van der Waals surface area (Å²) in [4.78, 5) is 25.0. The van der Waals surface area contributed by atoms with E-state index < -0.39 is 11.5 Å². The van der Waals surface area contributed by atoms with E-state index in [9.17, 15) is 9.59 Å². The third kappa shape index (κ3) is 3.76. The monoisotopic (exact) mass is 315 g/mol. The topological polar surface area (TPSA) is 120 Å². The Bertz CT molecular complexity index is 626. The average Bonchev–Trinajstić information content (AvgIpc) is 2.93. The first-order valence-corrected chi connectivity index (χ1v) is 6.92. The number of carbonyl (C=O) groups is 1. The third-order valence-electron chi connectivity index (χ3n) is 3.20. The lowest BCUT2D eigenvalue weighted by Gasteiger charge is -2.17. The molecule has 2 heterocycles. The molecular formula is C12H17N3O5S. The van der Waals surface area contributed by atoms with Crippen LogP contribution in [-0.2, 0) is 20.9 Å². The second-order valence-electron chi connectivity index (χ2n) is 4.66. The van der Waals surface area contributed by atoms with Gasteiger partial charge in [-0.25, -0.2) is 0 Å². The SMILES string of the molecule is NCC(=O)OCC1CCC(n2cc(CO)c(=O)[nH]c2=S)O1. The molecule has 1 aliphatic rings. The Hall–Kier alpha value is -1.55. The number of aliphatic hydroxyl groups is 1. The Morgan fingerprint density at radius 1 is 1.62 bits per heavy atom.